The van der Waals surface area contributed by atoms with Crippen molar-refractivity contribution in [3.05, 3.63) is 18.2 Å². The molecule has 0 bridgehead atoms. The number of nitrogens with one attached hydrogen (secondary N) is 1. The Morgan fingerprint density at radius 3 is 2.81 bits per heavy atom. The fourth-order valence-electron chi connectivity index (χ4n) is 2.98. The van der Waals surface area contributed by atoms with Gasteiger partial charge in [0, 0.05) is 36.1 Å². The lowest BCUT2D eigenvalue weighted by Gasteiger charge is -2.29. The molecule has 7 nitrogen and oxygen atoms in total. The van der Waals surface area contributed by atoms with Crippen LogP contribution in [0.3, 0.4) is 0 Å². The van der Waals surface area contributed by atoms with Crippen LogP contribution in [-0.2, 0) is 24.2 Å². The second kappa shape index (κ2) is 7.98. The number of benzene rings is 1. The summed E-state index contributed by atoms with van der Waals surface area (Å²) in [6, 6.07) is 4.75. The Morgan fingerprint density at radius 2 is 2.08 bits per heavy atom. The van der Waals surface area contributed by atoms with E-state index in [-0.39, 0.29) is 22.5 Å². The quantitative estimate of drug-likeness (QED) is 0.824. The van der Waals surface area contributed by atoms with E-state index in [0.29, 0.717) is 44.2 Å². The molecule has 9 heteroatoms. The summed E-state index contributed by atoms with van der Waals surface area (Å²) >= 11 is 1.52. The van der Waals surface area contributed by atoms with Crippen LogP contribution in [-0.4, -0.2) is 62.9 Å². The number of amides is 2. The van der Waals surface area contributed by atoms with Crippen molar-refractivity contribution in [1.29, 1.82) is 0 Å². The van der Waals surface area contributed by atoms with Crippen LogP contribution >= 0.6 is 11.8 Å². The number of carbonyl (C=O) groups is 2. The fraction of sp³-hybridized carbons (Fsp3) is 0.529. The molecule has 2 aliphatic rings. The smallest absolute Gasteiger partial charge is 0.226 e. The van der Waals surface area contributed by atoms with E-state index in [9.17, 15) is 18.0 Å². The van der Waals surface area contributed by atoms with Crippen molar-refractivity contribution in [3.8, 4) is 0 Å². The van der Waals surface area contributed by atoms with Gasteiger partial charge in [-0.2, -0.15) is 0 Å². The summed E-state index contributed by atoms with van der Waals surface area (Å²) in [6.45, 7) is 3.58. The number of thioether (sulfide) groups is 1. The number of hydrogen-bond acceptors (Lipinski definition) is 6. The predicted octanol–water partition coefficient (Wildman–Crippen LogP) is 1.39. The maximum atomic E-state index is 12.8. The van der Waals surface area contributed by atoms with Crippen molar-refractivity contribution in [1.82, 2.24) is 4.90 Å². The average Bonchev–Trinajstić information content (AvgIpc) is 2.81. The lowest BCUT2D eigenvalue weighted by molar-refractivity contribution is -0.138. The highest BCUT2D eigenvalue weighted by atomic mass is 32.2. The van der Waals surface area contributed by atoms with Crippen molar-refractivity contribution < 1.29 is 22.7 Å². The van der Waals surface area contributed by atoms with Gasteiger partial charge in [-0.1, -0.05) is 6.92 Å². The van der Waals surface area contributed by atoms with E-state index in [4.69, 9.17) is 4.74 Å². The van der Waals surface area contributed by atoms with Gasteiger partial charge < -0.3 is 15.0 Å². The molecular weight excluding hydrogens is 376 g/mol. The lowest BCUT2D eigenvalue weighted by atomic mass is 10.2. The monoisotopic (exact) mass is 398 g/mol. The number of sulfone groups is 1. The Kier molecular flexibility index (Phi) is 5.89. The molecule has 0 spiro atoms. The molecule has 0 saturated carbocycles. The third-order valence-corrected chi connectivity index (χ3v) is 7.37. The van der Waals surface area contributed by atoms with Gasteiger partial charge in [0.05, 0.1) is 29.5 Å². The Morgan fingerprint density at radius 1 is 1.35 bits per heavy atom. The van der Waals surface area contributed by atoms with Gasteiger partial charge in [0.1, 0.15) is 0 Å². The third kappa shape index (κ3) is 4.39. The maximum Gasteiger partial charge on any atom is 0.226 e. The van der Waals surface area contributed by atoms with Crippen molar-refractivity contribution in [3.63, 3.8) is 0 Å². The molecule has 1 atom stereocenters. The van der Waals surface area contributed by atoms with Gasteiger partial charge in [-0.05, 0) is 18.2 Å². The van der Waals surface area contributed by atoms with Crippen LogP contribution in [0, 0.1) is 5.92 Å². The van der Waals surface area contributed by atoms with Crippen molar-refractivity contribution in [2.24, 2.45) is 5.92 Å². The minimum Gasteiger partial charge on any atom is -0.378 e. The first-order valence-electron chi connectivity index (χ1n) is 8.53. The SMILES string of the molecule is C[C@H](CS(=O)(=O)c1ccc2c(c1)NC(=O)CCS2)C(=O)N1CCOCC1. The third-order valence-electron chi connectivity index (χ3n) is 4.38. The molecule has 2 aliphatic heterocycles. The standard InChI is InChI=1S/C17H22N2O5S2/c1-12(17(21)19-5-7-24-8-6-19)11-26(22,23)13-2-3-15-14(10-13)18-16(20)4-9-25-15/h2-3,10,12H,4-9,11H2,1H3,(H,18,20)/t12-/m1/s1. The number of nitrogens with zero attached hydrogens (tertiary/aromatic N) is 1. The van der Waals surface area contributed by atoms with Gasteiger partial charge in [-0.25, -0.2) is 8.42 Å². The zero-order chi connectivity index (χ0) is 18.7. The van der Waals surface area contributed by atoms with Gasteiger partial charge >= 0.3 is 0 Å². The summed E-state index contributed by atoms with van der Waals surface area (Å²) in [7, 11) is -3.65. The number of rotatable bonds is 4. The second-order valence-corrected chi connectivity index (χ2v) is 9.60. The number of anilines is 1. The van der Waals surface area contributed by atoms with Crippen LogP contribution in [0.5, 0.6) is 0 Å². The maximum absolute atomic E-state index is 12.8. The Labute approximate surface area is 157 Å². The van der Waals surface area contributed by atoms with E-state index in [1.807, 2.05) is 0 Å². The van der Waals surface area contributed by atoms with Gasteiger partial charge in [0.2, 0.25) is 11.8 Å². The zero-order valence-corrected chi connectivity index (χ0v) is 16.2. The van der Waals surface area contributed by atoms with E-state index in [1.165, 1.54) is 17.8 Å². The average molecular weight is 399 g/mol. The molecule has 26 heavy (non-hydrogen) atoms. The van der Waals surface area contributed by atoms with Crippen LogP contribution in [0.1, 0.15) is 13.3 Å². The molecule has 2 amide bonds. The summed E-state index contributed by atoms with van der Waals surface area (Å²) in [5.41, 5.74) is 0.519. The summed E-state index contributed by atoms with van der Waals surface area (Å²) in [4.78, 5) is 26.8. The summed E-state index contributed by atoms with van der Waals surface area (Å²) in [5.74, 6) is -0.531. The molecule has 1 aromatic rings. The van der Waals surface area contributed by atoms with Gasteiger partial charge in [-0.3, -0.25) is 9.59 Å². The van der Waals surface area contributed by atoms with Gasteiger partial charge in [0.15, 0.2) is 9.84 Å². The molecular formula is C17H22N2O5S2. The molecule has 0 aliphatic carbocycles. The Balaban J connectivity index is 1.75. The van der Waals surface area contributed by atoms with Crippen LogP contribution < -0.4 is 5.32 Å². The molecule has 1 aromatic carbocycles. The van der Waals surface area contributed by atoms with Gasteiger partial charge in [0.25, 0.3) is 0 Å². The second-order valence-electron chi connectivity index (χ2n) is 6.42. The molecule has 0 aromatic heterocycles. The highest BCUT2D eigenvalue weighted by Gasteiger charge is 2.28. The summed E-state index contributed by atoms with van der Waals surface area (Å²) in [6.07, 6.45) is 0.395. The number of ether oxygens (including phenoxy) is 1. The molecule has 1 saturated heterocycles. The Hall–Kier alpha value is -1.58. The van der Waals surface area contributed by atoms with E-state index >= 15 is 0 Å². The first-order chi connectivity index (χ1) is 12.4. The first-order valence-corrected chi connectivity index (χ1v) is 11.2. The van der Waals surface area contributed by atoms with Crippen molar-refractivity contribution >= 4 is 39.1 Å². The molecule has 2 heterocycles. The highest BCUT2D eigenvalue weighted by Crippen LogP contribution is 2.33. The van der Waals surface area contributed by atoms with Crippen LogP contribution in [0.25, 0.3) is 0 Å². The minimum absolute atomic E-state index is 0.123. The number of carbonyl (C=O) groups excluding carboxylic acids is 2. The van der Waals surface area contributed by atoms with Gasteiger partial charge in [-0.15, -0.1) is 11.8 Å². The lowest BCUT2D eigenvalue weighted by Crippen LogP contribution is -2.44. The van der Waals surface area contributed by atoms with E-state index < -0.39 is 15.8 Å². The largest absolute Gasteiger partial charge is 0.378 e. The van der Waals surface area contributed by atoms with Crippen molar-refractivity contribution in [2.45, 2.75) is 23.1 Å². The molecule has 0 radical (unpaired) electrons. The van der Waals surface area contributed by atoms with E-state index in [1.54, 1.807) is 24.0 Å². The Bertz CT molecular complexity index is 803. The summed E-state index contributed by atoms with van der Waals surface area (Å²) < 4.78 is 30.8. The van der Waals surface area contributed by atoms with Crippen molar-refractivity contribution in [2.75, 3.05) is 43.1 Å². The minimum atomic E-state index is -3.65. The van der Waals surface area contributed by atoms with E-state index in [0.717, 1.165) is 4.90 Å². The molecule has 3 rings (SSSR count). The number of hydrogen-bond donors (Lipinski definition) is 1. The van der Waals surface area contributed by atoms with Crippen LogP contribution in [0.4, 0.5) is 5.69 Å². The zero-order valence-electron chi connectivity index (χ0n) is 14.6. The topological polar surface area (TPSA) is 92.8 Å². The molecule has 1 fully saturated rings. The normalized spacial score (nSPS) is 19.3. The van der Waals surface area contributed by atoms with Crippen LogP contribution in [0.2, 0.25) is 0 Å². The first kappa shape index (κ1) is 19.2. The van der Waals surface area contributed by atoms with E-state index in [2.05, 4.69) is 5.32 Å². The highest BCUT2D eigenvalue weighted by molar-refractivity contribution is 7.99. The fourth-order valence-corrected chi connectivity index (χ4v) is 5.49. The molecule has 142 valence electrons. The number of morpholine rings is 1. The number of fused-ring (bicyclic) bond motifs is 1. The predicted molar refractivity (Wildman–Crippen MR) is 99.0 cm³/mol. The summed E-state index contributed by atoms with van der Waals surface area (Å²) in [5, 5.41) is 2.75. The molecule has 0 unspecified atom stereocenters. The molecule has 1 N–H and O–H groups in total. The van der Waals surface area contributed by atoms with Crippen LogP contribution in [0.15, 0.2) is 28.0 Å².